The van der Waals surface area contributed by atoms with Gasteiger partial charge in [0.15, 0.2) is 0 Å². The van der Waals surface area contributed by atoms with Gasteiger partial charge in [0.25, 0.3) is 0 Å². The van der Waals surface area contributed by atoms with Gasteiger partial charge >= 0.3 is 0 Å². The topological polar surface area (TPSA) is 86.5 Å². The largest absolute Gasteiger partial charge is 0.394 e. The van der Waals surface area contributed by atoms with E-state index in [4.69, 9.17) is 14.6 Å². The maximum Gasteiger partial charge on any atom is 0.130 e. The molecule has 0 aromatic heterocycles. The van der Waals surface area contributed by atoms with Gasteiger partial charge in [0.2, 0.25) is 0 Å². The van der Waals surface area contributed by atoms with Crippen LogP contribution in [0.25, 0.3) is 0 Å². The molecule has 2 rings (SSSR count). The Balaban J connectivity index is 1.76. The maximum atomic E-state index is 9.63. The first-order valence-corrected chi connectivity index (χ1v) is 7.54. The van der Waals surface area contributed by atoms with Crippen LogP contribution >= 0.6 is 0 Å². The van der Waals surface area contributed by atoms with Crippen molar-refractivity contribution in [3.05, 3.63) is 24.6 Å². The van der Waals surface area contributed by atoms with E-state index in [-0.39, 0.29) is 12.8 Å². The smallest absolute Gasteiger partial charge is 0.130 e. The predicted octanol–water partition coefficient (Wildman–Crippen LogP) is -0.178. The summed E-state index contributed by atoms with van der Waals surface area (Å²) in [4.78, 5) is 6.61. The molecule has 2 fully saturated rings. The Morgan fingerprint density at radius 1 is 1.45 bits per heavy atom. The fraction of sp³-hybridized carbons (Fsp3) is 0.667. The van der Waals surface area contributed by atoms with Crippen LogP contribution in [0.15, 0.2) is 29.5 Å². The molecule has 0 amide bonds. The van der Waals surface area contributed by atoms with Gasteiger partial charge in [-0.3, -0.25) is 0 Å². The van der Waals surface area contributed by atoms with E-state index in [1.807, 2.05) is 6.92 Å². The van der Waals surface area contributed by atoms with E-state index in [1.165, 1.54) is 0 Å². The zero-order valence-corrected chi connectivity index (χ0v) is 12.9. The summed E-state index contributed by atoms with van der Waals surface area (Å²) in [6, 6.07) is 0. The lowest BCUT2D eigenvalue weighted by molar-refractivity contribution is -0.0270. The first-order valence-electron chi connectivity index (χ1n) is 7.54. The number of ether oxygens (including phenoxy) is 2. The summed E-state index contributed by atoms with van der Waals surface area (Å²) in [6.45, 7) is 8.82. The van der Waals surface area contributed by atoms with E-state index >= 15 is 0 Å². The average molecular weight is 311 g/mol. The van der Waals surface area contributed by atoms with E-state index in [9.17, 15) is 5.11 Å². The van der Waals surface area contributed by atoms with Crippen molar-refractivity contribution in [1.29, 1.82) is 0 Å². The lowest BCUT2D eigenvalue weighted by Crippen LogP contribution is -2.39. The molecule has 7 heteroatoms. The number of nitrogens with one attached hydrogen (secondary N) is 1. The molecule has 124 valence electrons. The van der Waals surface area contributed by atoms with Gasteiger partial charge in [0.05, 0.1) is 31.6 Å². The fourth-order valence-corrected chi connectivity index (χ4v) is 2.45. The molecule has 1 unspecified atom stereocenters. The number of nitrogens with zero attached hydrogens (tertiary/aromatic N) is 2. The van der Waals surface area contributed by atoms with E-state index < -0.39 is 12.2 Å². The number of morpholine rings is 1. The average Bonchev–Trinajstić information content (AvgIpc) is 2.88. The van der Waals surface area contributed by atoms with Gasteiger partial charge in [-0.1, -0.05) is 6.58 Å². The van der Waals surface area contributed by atoms with Crippen LogP contribution in [-0.2, 0) is 9.47 Å². The highest BCUT2D eigenvalue weighted by atomic mass is 16.5. The highest BCUT2D eigenvalue weighted by Gasteiger charge is 2.32. The summed E-state index contributed by atoms with van der Waals surface area (Å²) in [6.07, 6.45) is 2.44. The summed E-state index contributed by atoms with van der Waals surface area (Å²) < 4.78 is 10.7. The normalized spacial score (nSPS) is 30.0. The molecule has 0 radical (unpaired) electrons. The molecule has 3 atom stereocenters. The third-order valence-electron chi connectivity index (χ3n) is 3.74. The molecule has 2 aliphatic heterocycles. The molecule has 2 heterocycles. The van der Waals surface area contributed by atoms with Gasteiger partial charge in [-0.25, -0.2) is 4.99 Å². The number of hydrogen-bond acceptors (Lipinski definition) is 6. The van der Waals surface area contributed by atoms with Crippen LogP contribution < -0.4 is 5.32 Å². The zero-order valence-electron chi connectivity index (χ0n) is 12.9. The standard InChI is InChI=1S/C15H25N3O4/c1-11(17-12(2)18-5-7-21-8-6-18)3-4-16-15-9-13(20)14(10-19)22-15/h3-4,13-16,19-20H,1,5-10H2,2H3/b4-3-,17-12?/t13?,14-,15-/m1/s1. The second-order valence-corrected chi connectivity index (χ2v) is 5.40. The number of rotatable bonds is 5. The first-order chi connectivity index (χ1) is 10.6. The van der Waals surface area contributed by atoms with Gasteiger partial charge in [0, 0.05) is 25.7 Å². The minimum atomic E-state index is -0.638. The summed E-state index contributed by atoms with van der Waals surface area (Å²) in [5.41, 5.74) is 0.633. The van der Waals surface area contributed by atoms with Gasteiger partial charge in [0.1, 0.15) is 18.2 Å². The molecular weight excluding hydrogens is 286 g/mol. The Hall–Kier alpha value is -1.41. The van der Waals surface area contributed by atoms with Crippen molar-refractivity contribution >= 4 is 5.84 Å². The van der Waals surface area contributed by atoms with Crippen molar-refractivity contribution in [3.8, 4) is 0 Å². The monoisotopic (exact) mass is 311 g/mol. The Morgan fingerprint density at radius 3 is 2.82 bits per heavy atom. The number of hydrogen-bond donors (Lipinski definition) is 3. The van der Waals surface area contributed by atoms with Crippen molar-refractivity contribution in [2.24, 2.45) is 4.99 Å². The third kappa shape index (κ3) is 4.81. The summed E-state index contributed by atoms with van der Waals surface area (Å²) in [7, 11) is 0. The second kappa shape index (κ2) is 8.28. The van der Waals surface area contributed by atoms with Crippen LogP contribution in [0.3, 0.4) is 0 Å². The van der Waals surface area contributed by atoms with Crippen LogP contribution in [-0.4, -0.2) is 72.3 Å². The Kier molecular flexibility index (Phi) is 6.38. The molecule has 0 aromatic carbocycles. The Labute approximate surface area is 130 Å². The number of aliphatic imine (C=N–C) groups is 1. The van der Waals surface area contributed by atoms with Gasteiger partial charge < -0.3 is 29.9 Å². The van der Waals surface area contributed by atoms with Crippen LogP contribution in [0, 0.1) is 0 Å². The second-order valence-electron chi connectivity index (χ2n) is 5.40. The molecule has 22 heavy (non-hydrogen) atoms. The summed E-state index contributed by atoms with van der Waals surface area (Å²) >= 11 is 0. The van der Waals surface area contributed by atoms with Crippen molar-refractivity contribution in [3.63, 3.8) is 0 Å². The molecule has 0 saturated carbocycles. The lowest BCUT2D eigenvalue weighted by atomic mass is 10.2. The highest BCUT2D eigenvalue weighted by molar-refractivity contribution is 5.81. The lowest BCUT2D eigenvalue weighted by Gasteiger charge is -2.28. The molecule has 0 aliphatic carbocycles. The van der Waals surface area contributed by atoms with Crippen molar-refractivity contribution < 1.29 is 19.7 Å². The van der Waals surface area contributed by atoms with Crippen LogP contribution in [0.1, 0.15) is 13.3 Å². The Bertz CT molecular complexity index is 433. The number of allylic oxidation sites excluding steroid dienone is 1. The first kappa shape index (κ1) is 17.0. The fourth-order valence-electron chi connectivity index (χ4n) is 2.45. The van der Waals surface area contributed by atoms with E-state index in [1.54, 1.807) is 12.3 Å². The number of amidine groups is 1. The predicted molar refractivity (Wildman–Crippen MR) is 83.3 cm³/mol. The van der Waals surface area contributed by atoms with Crippen LogP contribution in [0.2, 0.25) is 0 Å². The number of aliphatic hydroxyl groups is 2. The van der Waals surface area contributed by atoms with E-state index in [0.717, 1.165) is 32.1 Å². The van der Waals surface area contributed by atoms with E-state index in [0.29, 0.717) is 12.1 Å². The molecule has 0 spiro atoms. The summed E-state index contributed by atoms with van der Waals surface area (Å²) in [5.74, 6) is 0.922. The molecule has 2 saturated heterocycles. The number of aliphatic hydroxyl groups excluding tert-OH is 2. The molecule has 0 aromatic rings. The van der Waals surface area contributed by atoms with Crippen molar-refractivity contribution in [2.45, 2.75) is 31.8 Å². The van der Waals surface area contributed by atoms with Crippen LogP contribution in [0.4, 0.5) is 0 Å². The zero-order chi connectivity index (χ0) is 15.9. The molecule has 0 bridgehead atoms. The third-order valence-corrected chi connectivity index (χ3v) is 3.74. The van der Waals surface area contributed by atoms with Crippen LogP contribution in [0.5, 0.6) is 0 Å². The minimum Gasteiger partial charge on any atom is -0.394 e. The SMILES string of the molecule is C=C(/C=C\N[C@H]1CC(O)[C@@H](CO)O1)N=C(C)N1CCOCC1. The van der Waals surface area contributed by atoms with E-state index in [2.05, 4.69) is 21.8 Å². The van der Waals surface area contributed by atoms with Crippen molar-refractivity contribution in [1.82, 2.24) is 10.2 Å². The van der Waals surface area contributed by atoms with Gasteiger partial charge in [-0.05, 0) is 13.0 Å². The molecule has 2 aliphatic rings. The molecular formula is C15H25N3O4. The summed E-state index contributed by atoms with van der Waals surface area (Å²) in [5, 5.41) is 21.7. The maximum absolute atomic E-state index is 9.63. The molecule has 3 N–H and O–H groups in total. The highest BCUT2D eigenvalue weighted by Crippen LogP contribution is 2.18. The molecule has 7 nitrogen and oxygen atoms in total. The van der Waals surface area contributed by atoms with Crippen molar-refractivity contribution in [2.75, 3.05) is 32.9 Å². The quantitative estimate of drug-likeness (QED) is 0.371. The minimum absolute atomic E-state index is 0.182. The van der Waals surface area contributed by atoms with Gasteiger partial charge in [-0.15, -0.1) is 0 Å². The van der Waals surface area contributed by atoms with Gasteiger partial charge in [-0.2, -0.15) is 0 Å². The Morgan fingerprint density at radius 2 is 2.18 bits per heavy atom.